The molecule has 0 radical (unpaired) electrons. The van der Waals surface area contributed by atoms with Crippen LogP contribution in [0.2, 0.25) is 0 Å². The molecule has 110 valence electrons. The van der Waals surface area contributed by atoms with Gasteiger partial charge >= 0.3 is 0 Å². The van der Waals surface area contributed by atoms with E-state index in [9.17, 15) is 4.79 Å². The van der Waals surface area contributed by atoms with Gasteiger partial charge in [0.15, 0.2) is 0 Å². The van der Waals surface area contributed by atoms with Gasteiger partial charge in [-0.3, -0.25) is 14.5 Å². The molecular formula is C15H19N5O. The van der Waals surface area contributed by atoms with Crippen LogP contribution in [0.3, 0.4) is 0 Å². The zero-order chi connectivity index (χ0) is 14.5. The second-order valence-electron chi connectivity index (χ2n) is 5.40. The lowest BCUT2D eigenvalue weighted by atomic mass is 10.3. The molecular weight excluding hydrogens is 266 g/mol. The van der Waals surface area contributed by atoms with E-state index in [2.05, 4.69) is 20.7 Å². The van der Waals surface area contributed by atoms with Gasteiger partial charge in [-0.25, -0.2) is 0 Å². The van der Waals surface area contributed by atoms with Crippen molar-refractivity contribution in [1.82, 2.24) is 20.1 Å². The van der Waals surface area contributed by atoms with Crippen LogP contribution in [0, 0.1) is 5.92 Å². The number of hydrogen-bond acceptors (Lipinski definition) is 4. The number of aromatic nitrogens is 3. The number of hydrogen-bond donors (Lipinski definition) is 2. The smallest absolute Gasteiger partial charge is 0.238 e. The largest absolute Gasteiger partial charge is 0.322 e. The summed E-state index contributed by atoms with van der Waals surface area (Å²) >= 11 is 0. The quantitative estimate of drug-likeness (QED) is 0.803. The molecule has 0 aromatic carbocycles. The van der Waals surface area contributed by atoms with E-state index in [1.807, 2.05) is 18.3 Å². The highest BCUT2D eigenvalue weighted by atomic mass is 16.1. The van der Waals surface area contributed by atoms with Crippen molar-refractivity contribution < 1.29 is 4.79 Å². The lowest BCUT2D eigenvalue weighted by Gasteiger charge is -2.04. The standard InChI is InChI=1S/C15H19N5O/c21-15(9-17-7-12-1-2-12)19-14-8-18-20(11-14)10-13-3-5-16-6-4-13/h3-6,8,11-12,17H,1-2,7,9-10H2,(H,19,21). The molecule has 0 spiro atoms. The molecule has 0 bridgehead atoms. The van der Waals surface area contributed by atoms with Crippen molar-refractivity contribution in [2.45, 2.75) is 19.4 Å². The van der Waals surface area contributed by atoms with Crippen molar-refractivity contribution in [3.63, 3.8) is 0 Å². The Bertz CT molecular complexity index is 591. The van der Waals surface area contributed by atoms with Crippen molar-refractivity contribution in [3.8, 4) is 0 Å². The third kappa shape index (κ3) is 4.39. The van der Waals surface area contributed by atoms with Crippen molar-refractivity contribution in [2.24, 2.45) is 5.92 Å². The number of carbonyl (C=O) groups is 1. The second-order valence-corrected chi connectivity index (χ2v) is 5.40. The van der Waals surface area contributed by atoms with Crippen molar-refractivity contribution in [2.75, 3.05) is 18.4 Å². The average Bonchev–Trinajstić information content (AvgIpc) is 3.21. The van der Waals surface area contributed by atoms with Gasteiger partial charge in [0.2, 0.25) is 5.91 Å². The third-order valence-electron chi connectivity index (χ3n) is 3.43. The van der Waals surface area contributed by atoms with Gasteiger partial charge in [-0.1, -0.05) is 0 Å². The minimum Gasteiger partial charge on any atom is -0.322 e. The van der Waals surface area contributed by atoms with E-state index in [0.717, 1.165) is 23.7 Å². The summed E-state index contributed by atoms with van der Waals surface area (Å²) in [5.74, 6) is 0.750. The number of nitrogens with zero attached hydrogens (tertiary/aromatic N) is 3. The first-order chi connectivity index (χ1) is 10.3. The number of carbonyl (C=O) groups excluding carboxylic acids is 1. The van der Waals surface area contributed by atoms with E-state index in [4.69, 9.17) is 0 Å². The Labute approximate surface area is 123 Å². The SMILES string of the molecule is O=C(CNCC1CC1)Nc1cnn(Cc2ccncc2)c1. The van der Waals surface area contributed by atoms with Gasteiger partial charge in [0, 0.05) is 18.6 Å². The molecule has 2 aromatic heterocycles. The molecule has 2 heterocycles. The predicted octanol–water partition coefficient (Wildman–Crippen LogP) is 1.26. The molecule has 0 aliphatic heterocycles. The van der Waals surface area contributed by atoms with Crippen molar-refractivity contribution >= 4 is 11.6 Å². The summed E-state index contributed by atoms with van der Waals surface area (Å²) in [6.07, 6.45) is 9.59. The van der Waals surface area contributed by atoms with Gasteiger partial charge in [-0.05, 0) is 43.0 Å². The van der Waals surface area contributed by atoms with Crippen LogP contribution in [0.15, 0.2) is 36.9 Å². The molecule has 2 aromatic rings. The van der Waals surface area contributed by atoms with Gasteiger partial charge in [-0.2, -0.15) is 5.10 Å². The summed E-state index contributed by atoms with van der Waals surface area (Å²) in [6, 6.07) is 3.89. The first-order valence-electron chi connectivity index (χ1n) is 7.21. The summed E-state index contributed by atoms with van der Waals surface area (Å²) in [4.78, 5) is 15.7. The van der Waals surface area contributed by atoms with Crippen LogP contribution in [-0.2, 0) is 11.3 Å². The maximum atomic E-state index is 11.8. The number of amides is 1. The van der Waals surface area contributed by atoms with E-state index in [0.29, 0.717) is 13.1 Å². The Morgan fingerprint density at radius 1 is 1.33 bits per heavy atom. The fraction of sp³-hybridized carbons (Fsp3) is 0.400. The van der Waals surface area contributed by atoms with E-state index in [1.54, 1.807) is 23.3 Å². The predicted molar refractivity (Wildman–Crippen MR) is 79.8 cm³/mol. The van der Waals surface area contributed by atoms with Crippen molar-refractivity contribution in [3.05, 3.63) is 42.5 Å². The Morgan fingerprint density at radius 2 is 2.14 bits per heavy atom. The van der Waals surface area contributed by atoms with Crippen LogP contribution < -0.4 is 10.6 Å². The molecule has 1 aliphatic carbocycles. The molecule has 1 fully saturated rings. The molecule has 0 atom stereocenters. The van der Waals surface area contributed by atoms with Gasteiger partial charge in [0.25, 0.3) is 0 Å². The van der Waals surface area contributed by atoms with E-state index in [-0.39, 0.29) is 5.91 Å². The van der Waals surface area contributed by atoms with Gasteiger partial charge in [-0.15, -0.1) is 0 Å². The molecule has 2 N–H and O–H groups in total. The molecule has 1 aliphatic rings. The highest BCUT2D eigenvalue weighted by Crippen LogP contribution is 2.27. The molecule has 6 nitrogen and oxygen atoms in total. The summed E-state index contributed by atoms with van der Waals surface area (Å²) in [6.45, 7) is 1.96. The molecule has 6 heteroatoms. The summed E-state index contributed by atoms with van der Waals surface area (Å²) in [5, 5.41) is 10.3. The second kappa shape index (κ2) is 6.49. The van der Waals surface area contributed by atoms with E-state index < -0.39 is 0 Å². The van der Waals surface area contributed by atoms with Crippen LogP contribution in [-0.4, -0.2) is 33.8 Å². The Balaban J connectivity index is 1.46. The lowest BCUT2D eigenvalue weighted by molar-refractivity contribution is -0.115. The zero-order valence-electron chi connectivity index (χ0n) is 11.8. The van der Waals surface area contributed by atoms with E-state index in [1.165, 1.54) is 12.8 Å². The van der Waals surface area contributed by atoms with Gasteiger partial charge in [0.1, 0.15) is 0 Å². The first kappa shape index (κ1) is 13.8. The minimum atomic E-state index is -0.0286. The highest BCUT2D eigenvalue weighted by molar-refractivity contribution is 5.91. The fourth-order valence-corrected chi connectivity index (χ4v) is 2.11. The number of nitrogens with one attached hydrogen (secondary N) is 2. The summed E-state index contributed by atoms with van der Waals surface area (Å²) < 4.78 is 1.79. The number of pyridine rings is 1. The molecule has 21 heavy (non-hydrogen) atoms. The van der Waals surface area contributed by atoms with Crippen LogP contribution in [0.4, 0.5) is 5.69 Å². The number of anilines is 1. The first-order valence-corrected chi connectivity index (χ1v) is 7.21. The molecule has 0 saturated heterocycles. The normalized spacial score (nSPS) is 14.1. The third-order valence-corrected chi connectivity index (χ3v) is 3.43. The lowest BCUT2D eigenvalue weighted by Crippen LogP contribution is -2.29. The summed E-state index contributed by atoms with van der Waals surface area (Å²) in [5.41, 5.74) is 1.85. The molecule has 3 rings (SSSR count). The van der Waals surface area contributed by atoms with Crippen LogP contribution >= 0.6 is 0 Å². The van der Waals surface area contributed by atoms with Crippen LogP contribution in [0.25, 0.3) is 0 Å². The minimum absolute atomic E-state index is 0.0286. The molecule has 1 saturated carbocycles. The fourth-order valence-electron chi connectivity index (χ4n) is 2.11. The van der Waals surface area contributed by atoms with Crippen LogP contribution in [0.5, 0.6) is 0 Å². The zero-order valence-corrected chi connectivity index (χ0v) is 11.8. The van der Waals surface area contributed by atoms with Crippen LogP contribution in [0.1, 0.15) is 18.4 Å². The van der Waals surface area contributed by atoms with Gasteiger partial charge < -0.3 is 10.6 Å². The van der Waals surface area contributed by atoms with E-state index >= 15 is 0 Å². The monoisotopic (exact) mass is 285 g/mol. The number of rotatable bonds is 7. The average molecular weight is 285 g/mol. The maximum absolute atomic E-state index is 11.8. The maximum Gasteiger partial charge on any atom is 0.238 e. The summed E-state index contributed by atoms with van der Waals surface area (Å²) in [7, 11) is 0. The van der Waals surface area contributed by atoms with Gasteiger partial charge in [0.05, 0.1) is 25.0 Å². The Morgan fingerprint density at radius 3 is 2.90 bits per heavy atom. The Hall–Kier alpha value is -2.21. The topological polar surface area (TPSA) is 71.8 Å². The van der Waals surface area contributed by atoms with Crippen molar-refractivity contribution in [1.29, 1.82) is 0 Å². The highest BCUT2D eigenvalue weighted by Gasteiger charge is 2.20. The molecule has 0 unspecified atom stereocenters. The Kier molecular flexibility index (Phi) is 4.25. The molecule has 1 amide bonds.